The van der Waals surface area contributed by atoms with Gasteiger partial charge in [0.1, 0.15) is 17.7 Å². The lowest BCUT2D eigenvalue weighted by molar-refractivity contribution is -0.130. The summed E-state index contributed by atoms with van der Waals surface area (Å²) in [7, 11) is 4.11. The first-order valence-electron chi connectivity index (χ1n) is 15.8. The number of amides is 1. The van der Waals surface area contributed by atoms with E-state index in [-0.39, 0.29) is 41.3 Å². The van der Waals surface area contributed by atoms with Gasteiger partial charge in [-0.3, -0.25) is 4.79 Å². The molecule has 2 saturated heterocycles. The summed E-state index contributed by atoms with van der Waals surface area (Å²) in [6.45, 7) is 9.20. The van der Waals surface area contributed by atoms with E-state index in [1.165, 1.54) is 12.2 Å². The van der Waals surface area contributed by atoms with Crippen LogP contribution in [-0.2, 0) is 4.79 Å². The van der Waals surface area contributed by atoms with Gasteiger partial charge >= 0.3 is 0 Å². The number of aromatic nitrogens is 4. The number of carbonyl (C=O) groups is 1. The molecule has 2 aromatic carbocycles. The van der Waals surface area contributed by atoms with Crippen molar-refractivity contribution in [3.63, 3.8) is 0 Å². The Morgan fingerprint density at radius 2 is 1.96 bits per heavy atom. The number of hydrogen-bond acceptors (Lipinski definition) is 7. The number of likely N-dealkylation sites (N-methyl/N-ethyl adjacent to an activating group) is 1. The molecular formula is C35H40F2N8O. The van der Waals surface area contributed by atoms with Crippen LogP contribution in [-0.4, -0.2) is 87.7 Å². The Morgan fingerprint density at radius 1 is 1.20 bits per heavy atom. The molecule has 0 aliphatic carbocycles. The number of allylic oxidation sites excluding steroid dienone is 1. The van der Waals surface area contributed by atoms with Crippen LogP contribution in [0.2, 0.25) is 0 Å². The largest absolute Gasteiger partial charge is 0.351 e. The quantitative estimate of drug-likeness (QED) is 0.239. The number of piperidine rings is 1. The summed E-state index contributed by atoms with van der Waals surface area (Å²) in [5.74, 6) is -0.0895. The number of rotatable bonds is 7. The topological polar surface area (TPSA) is 94.2 Å². The van der Waals surface area contributed by atoms with E-state index in [1.54, 1.807) is 4.90 Å². The second-order valence-electron chi connectivity index (χ2n) is 13.2. The Kier molecular flexibility index (Phi) is 8.27. The molecule has 2 aromatic heterocycles. The maximum atomic E-state index is 16.9. The van der Waals surface area contributed by atoms with Crippen LogP contribution in [0.25, 0.3) is 33.1 Å². The molecule has 6 rings (SSSR count). The van der Waals surface area contributed by atoms with Crippen molar-refractivity contribution in [2.24, 2.45) is 0 Å². The molecule has 2 atom stereocenters. The first kappa shape index (κ1) is 31.5. The molecule has 0 radical (unpaired) electrons. The van der Waals surface area contributed by atoms with E-state index < -0.39 is 6.67 Å². The molecule has 0 unspecified atom stereocenters. The summed E-state index contributed by atoms with van der Waals surface area (Å²) in [6, 6.07) is 9.55. The maximum absolute atomic E-state index is 16.9. The van der Waals surface area contributed by atoms with E-state index in [2.05, 4.69) is 47.2 Å². The Balaban J connectivity index is 1.52. The lowest BCUT2D eigenvalue weighted by Crippen LogP contribution is -2.67. The minimum atomic E-state index is -0.731. The van der Waals surface area contributed by atoms with Gasteiger partial charge in [0.2, 0.25) is 5.91 Å². The van der Waals surface area contributed by atoms with Crippen LogP contribution in [0, 0.1) is 37.9 Å². The molecule has 2 fully saturated rings. The van der Waals surface area contributed by atoms with Gasteiger partial charge < -0.3 is 14.7 Å². The number of nitrogens with zero attached hydrogens (tertiary/aromatic N) is 8. The van der Waals surface area contributed by atoms with Crippen molar-refractivity contribution in [2.75, 3.05) is 45.3 Å². The first-order valence-corrected chi connectivity index (χ1v) is 15.8. The Morgan fingerprint density at radius 3 is 2.65 bits per heavy atom. The molecule has 1 amide bonds. The van der Waals surface area contributed by atoms with Gasteiger partial charge in [-0.25, -0.2) is 18.4 Å². The standard InChI is InChI=1S/C35H40F2N8O/c1-21-9-7-10-26(23(21)3)29-22(2)17-27-31(30(29)37)39-34(43-19-35(4,20-43)42(5)6)32-33(27)45(41-40-32)25-13-16-44(24(18-25)12-15-38)28(46)11-8-14-36/h7-11,17,24-25H,12-14,16,18-20H2,1-6H3/b11-8+/t24-,25+/m1/s1. The molecule has 46 heavy (non-hydrogen) atoms. The number of nitriles is 1. The van der Waals surface area contributed by atoms with Gasteiger partial charge in [0.05, 0.1) is 24.1 Å². The van der Waals surface area contributed by atoms with Crippen molar-refractivity contribution < 1.29 is 13.6 Å². The Bertz CT molecular complexity index is 1900. The lowest BCUT2D eigenvalue weighted by Gasteiger charge is -2.52. The van der Waals surface area contributed by atoms with Crippen molar-refractivity contribution in [2.45, 2.75) is 64.6 Å². The van der Waals surface area contributed by atoms with E-state index in [1.807, 2.05) is 49.7 Å². The molecular weight excluding hydrogens is 586 g/mol. The second-order valence-corrected chi connectivity index (χ2v) is 13.2. The SMILES string of the molecule is Cc1cccc(-c2c(C)cc3c(nc(N4CC(C)(N(C)C)C4)c4nnn([C@H]5CCN(C(=O)/C=C/CF)[C@H](CC#N)C5)c43)c2F)c1C. The average molecular weight is 627 g/mol. The minimum absolute atomic E-state index is 0.0604. The number of halogens is 2. The van der Waals surface area contributed by atoms with Gasteiger partial charge in [0.25, 0.3) is 0 Å². The molecule has 240 valence electrons. The van der Waals surface area contributed by atoms with Crippen molar-refractivity contribution in [1.29, 1.82) is 5.26 Å². The molecule has 0 bridgehead atoms. The van der Waals surface area contributed by atoms with Crippen LogP contribution in [0.15, 0.2) is 36.4 Å². The van der Waals surface area contributed by atoms with Gasteiger partial charge in [0, 0.05) is 42.7 Å². The van der Waals surface area contributed by atoms with Crippen LogP contribution in [0.3, 0.4) is 0 Å². The fourth-order valence-electron chi connectivity index (χ4n) is 7.03. The maximum Gasteiger partial charge on any atom is 0.246 e. The van der Waals surface area contributed by atoms with Gasteiger partial charge in [-0.2, -0.15) is 5.26 Å². The molecule has 4 aromatic rings. The van der Waals surface area contributed by atoms with E-state index in [0.29, 0.717) is 60.3 Å². The monoisotopic (exact) mass is 626 g/mol. The van der Waals surface area contributed by atoms with Crippen molar-refractivity contribution >= 4 is 33.7 Å². The third kappa shape index (κ3) is 5.18. The molecule has 2 aliphatic heterocycles. The second kappa shape index (κ2) is 12.1. The third-order valence-electron chi connectivity index (χ3n) is 10.1. The number of pyridine rings is 1. The summed E-state index contributed by atoms with van der Waals surface area (Å²) >= 11 is 0. The average Bonchev–Trinajstić information content (AvgIpc) is 3.46. The van der Waals surface area contributed by atoms with Crippen LogP contribution in [0.5, 0.6) is 0 Å². The zero-order valence-corrected chi connectivity index (χ0v) is 27.3. The number of benzene rings is 2. The summed E-state index contributed by atoms with van der Waals surface area (Å²) in [5.41, 5.74) is 5.78. The molecule has 2 aliphatic rings. The fraction of sp³-hybridized carbons (Fsp3) is 0.457. The van der Waals surface area contributed by atoms with E-state index in [4.69, 9.17) is 4.98 Å². The highest BCUT2D eigenvalue weighted by Crippen LogP contribution is 2.42. The van der Waals surface area contributed by atoms with Crippen molar-refractivity contribution in [1.82, 2.24) is 29.8 Å². The summed E-state index contributed by atoms with van der Waals surface area (Å²) in [5, 5.41) is 19.5. The van der Waals surface area contributed by atoms with Gasteiger partial charge in [0.15, 0.2) is 17.2 Å². The molecule has 4 heterocycles. The third-order valence-corrected chi connectivity index (χ3v) is 10.1. The highest BCUT2D eigenvalue weighted by atomic mass is 19.1. The summed E-state index contributed by atoms with van der Waals surface area (Å²) in [6.07, 6.45) is 3.57. The molecule has 9 nitrogen and oxygen atoms in total. The minimum Gasteiger partial charge on any atom is -0.351 e. The zero-order chi connectivity index (χ0) is 32.9. The number of alkyl halides is 1. The van der Waals surface area contributed by atoms with Crippen molar-refractivity contribution in [3.8, 4) is 17.2 Å². The smallest absolute Gasteiger partial charge is 0.246 e. The molecule has 0 spiro atoms. The van der Waals surface area contributed by atoms with E-state index in [0.717, 1.165) is 22.3 Å². The van der Waals surface area contributed by atoms with Crippen LogP contribution in [0.1, 0.15) is 48.9 Å². The summed E-state index contributed by atoms with van der Waals surface area (Å²) in [4.78, 5) is 23.8. The number of anilines is 1. The zero-order valence-electron chi connectivity index (χ0n) is 27.3. The van der Waals surface area contributed by atoms with Gasteiger partial charge in [-0.15, -0.1) is 5.10 Å². The highest BCUT2D eigenvalue weighted by Gasteiger charge is 2.43. The van der Waals surface area contributed by atoms with E-state index >= 15 is 4.39 Å². The lowest BCUT2D eigenvalue weighted by atomic mass is 9.90. The number of hydrogen-bond donors (Lipinski definition) is 0. The number of likely N-dealkylation sites (tertiary alicyclic amines) is 1. The predicted molar refractivity (Wildman–Crippen MR) is 176 cm³/mol. The normalized spacial score (nSPS) is 19.7. The number of aryl methyl sites for hydroxylation is 2. The molecule has 0 N–H and O–H groups in total. The van der Waals surface area contributed by atoms with Crippen LogP contribution < -0.4 is 4.90 Å². The van der Waals surface area contributed by atoms with Gasteiger partial charge in [-0.1, -0.05) is 23.4 Å². The van der Waals surface area contributed by atoms with Crippen LogP contribution in [0.4, 0.5) is 14.6 Å². The fourth-order valence-corrected chi connectivity index (χ4v) is 7.03. The van der Waals surface area contributed by atoms with E-state index in [9.17, 15) is 14.4 Å². The number of fused-ring (bicyclic) bond motifs is 3. The first-order chi connectivity index (χ1) is 22.0. The molecule has 11 heteroatoms. The highest BCUT2D eigenvalue weighted by molar-refractivity contribution is 6.08. The van der Waals surface area contributed by atoms with Gasteiger partial charge in [-0.05, 0) is 89.0 Å². The van der Waals surface area contributed by atoms with Crippen LogP contribution >= 0.6 is 0 Å². The predicted octanol–water partition coefficient (Wildman–Crippen LogP) is 5.82. The van der Waals surface area contributed by atoms with Crippen molar-refractivity contribution in [3.05, 3.63) is 58.9 Å². The summed E-state index contributed by atoms with van der Waals surface area (Å²) < 4.78 is 31.5. The number of carbonyl (C=O) groups excluding carboxylic acids is 1. The Labute approximate surface area is 268 Å². The molecule has 0 saturated carbocycles. The Hall–Kier alpha value is -4.43.